The van der Waals surface area contributed by atoms with Crippen LogP contribution in [0.4, 0.5) is 5.69 Å². The van der Waals surface area contributed by atoms with Crippen molar-refractivity contribution in [2.75, 3.05) is 12.3 Å². The van der Waals surface area contributed by atoms with E-state index in [4.69, 9.17) is 5.73 Å². The van der Waals surface area contributed by atoms with E-state index < -0.39 is 0 Å². The lowest BCUT2D eigenvalue weighted by Crippen LogP contribution is -2.43. The van der Waals surface area contributed by atoms with E-state index in [1.54, 1.807) is 12.1 Å². The molecule has 3 N–H and O–H groups in total. The van der Waals surface area contributed by atoms with Crippen molar-refractivity contribution < 1.29 is 4.79 Å². The van der Waals surface area contributed by atoms with Crippen LogP contribution >= 0.6 is 12.4 Å². The molecule has 0 saturated carbocycles. The third-order valence-electron chi connectivity index (χ3n) is 2.71. The Hall–Kier alpha value is -1.22. The molecule has 0 radical (unpaired) electrons. The molecule has 1 aromatic carbocycles. The summed E-state index contributed by atoms with van der Waals surface area (Å²) in [5.74, 6) is -0.000625. The summed E-state index contributed by atoms with van der Waals surface area (Å²) in [6, 6.07) is 5.45. The van der Waals surface area contributed by atoms with Crippen LogP contribution < -0.4 is 11.1 Å². The number of nitrogens with two attached hydrogens (primary N) is 1. The highest BCUT2D eigenvalue weighted by atomic mass is 35.5. The molecule has 2 rings (SSSR count). The Kier molecular flexibility index (Phi) is 2.95. The largest absolute Gasteiger partial charge is 0.399 e. The summed E-state index contributed by atoms with van der Waals surface area (Å²) in [5.41, 5.74) is 8.19. The molecule has 0 aliphatic carbocycles. The molecule has 1 heterocycles. The van der Waals surface area contributed by atoms with Crippen LogP contribution in [-0.4, -0.2) is 12.5 Å². The lowest BCUT2D eigenvalue weighted by Gasteiger charge is -2.32. The molecule has 3 nitrogen and oxygen atoms in total. The Morgan fingerprint density at radius 2 is 2.07 bits per heavy atom. The Morgan fingerprint density at radius 1 is 1.40 bits per heavy atom. The highest BCUT2D eigenvalue weighted by molar-refractivity contribution is 5.97. The molecule has 0 aromatic heterocycles. The van der Waals surface area contributed by atoms with Gasteiger partial charge in [0.15, 0.2) is 0 Å². The molecule has 15 heavy (non-hydrogen) atoms. The van der Waals surface area contributed by atoms with E-state index in [1.165, 1.54) is 0 Å². The first kappa shape index (κ1) is 11.9. The van der Waals surface area contributed by atoms with Crippen LogP contribution in [0, 0.1) is 0 Å². The van der Waals surface area contributed by atoms with Crippen molar-refractivity contribution in [1.29, 1.82) is 0 Å². The van der Waals surface area contributed by atoms with Gasteiger partial charge in [-0.3, -0.25) is 4.79 Å². The van der Waals surface area contributed by atoms with Crippen molar-refractivity contribution in [3.63, 3.8) is 0 Å². The SMILES string of the molecule is CC1(C)CNC(=O)c2ccc(N)cc21.Cl. The number of carbonyl (C=O) groups excluding carboxylic acids is 1. The number of amides is 1. The third kappa shape index (κ3) is 1.92. The van der Waals surface area contributed by atoms with Gasteiger partial charge in [-0.1, -0.05) is 13.8 Å². The van der Waals surface area contributed by atoms with Gasteiger partial charge in [-0.05, 0) is 23.8 Å². The normalized spacial score (nSPS) is 17.3. The highest BCUT2D eigenvalue weighted by Gasteiger charge is 2.31. The van der Waals surface area contributed by atoms with E-state index in [1.807, 2.05) is 6.07 Å². The predicted molar refractivity (Wildman–Crippen MR) is 63.5 cm³/mol. The van der Waals surface area contributed by atoms with Crippen molar-refractivity contribution in [3.8, 4) is 0 Å². The van der Waals surface area contributed by atoms with Gasteiger partial charge in [0.05, 0.1) is 0 Å². The van der Waals surface area contributed by atoms with Gasteiger partial charge in [-0.25, -0.2) is 0 Å². The minimum Gasteiger partial charge on any atom is -0.399 e. The van der Waals surface area contributed by atoms with Gasteiger partial charge in [0.1, 0.15) is 0 Å². The monoisotopic (exact) mass is 226 g/mol. The number of anilines is 1. The molecule has 0 spiro atoms. The van der Waals surface area contributed by atoms with Crippen molar-refractivity contribution in [3.05, 3.63) is 29.3 Å². The molecule has 0 fully saturated rings. The van der Waals surface area contributed by atoms with Gasteiger partial charge in [0.2, 0.25) is 0 Å². The maximum Gasteiger partial charge on any atom is 0.251 e. The van der Waals surface area contributed by atoms with Crippen LogP contribution in [0.15, 0.2) is 18.2 Å². The smallest absolute Gasteiger partial charge is 0.251 e. The van der Waals surface area contributed by atoms with Gasteiger partial charge in [0.25, 0.3) is 5.91 Å². The Balaban J connectivity index is 0.00000112. The van der Waals surface area contributed by atoms with Gasteiger partial charge in [-0.2, -0.15) is 0 Å². The number of nitrogens with one attached hydrogen (secondary N) is 1. The topological polar surface area (TPSA) is 55.1 Å². The number of nitrogen functional groups attached to an aromatic ring is 1. The molecule has 1 aliphatic rings. The average molecular weight is 227 g/mol. The maximum atomic E-state index is 11.5. The minimum absolute atomic E-state index is 0. The summed E-state index contributed by atoms with van der Waals surface area (Å²) >= 11 is 0. The first-order valence-corrected chi connectivity index (χ1v) is 4.69. The highest BCUT2D eigenvalue weighted by Crippen LogP contribution is 2.30. The van der Waals surface area contributed by atoms with E-state index in [9.17, 15) is 4.79 Å². The van der Waals surface area contributed by atoms with Crippen molar-refractivity contribution >= 4 is 24.0 Å². The van der Waals surface area contributed by atoms with Gasteiger partial charge in [-0.15, -0.1) is 12.4 Å². The van der Waals surface area contributed by atoms with E-state index in [2.05, 4.69) is 19.2 Å². The van der Waals surface area contributed by atoms with Crippen LogP contribution in [-0.2, 0) is 5.41 Å². The number of benzene rings is 1. The van der Waals surface area contributed by atoms with E-state index in [0.29, 0.717) is 12.2 Å². The summed E-state index contributed by atoms with van der Waals surface area (Å²) in [5, 5.41) is 2.87. The van der Waals surface area contributed by atoms with Crippen LogP contribution in [0.3, 0.4) is 0 Å². The summed E-state index contributed by atoms with van der Waals surface area (Å²) in [7, 11) is 0. The molecule has 0 atom stereocenters. The van der Waals surface area contributed by atoms with Crippen LogP contribution in [0.1, 0.15) is 29.8 Å². The summed E-state index contributed by atoms with van der Waals surface area (Å²) in [6.07, 6.45) is 0. The van der Waals surface area contributed by atoms with E-state index in [-0.39, 0.29) is 23.7 Å². The predicted octanol–water partition coefficient (Wildman–Crippen LogP) is 1.71. The zero-order chi connectivity index (χ0) is 10.3. The fourth-order valence-electron chi connectivity index (χ4n) is 1.81. The Morgan fingerprint density at radius 3 is 2.73 bits per heavy atom. The zero-order valence-electron chi connectivity index (χ0n) is 8.83. The number of halogens is 1. The Bertz CT molecular complexity index is 402. The molecule has 1 aromatic rings. The molecule has 0 unspecified atom stereocenters. The van der Waals surface area contributed by atoms with Gasteiger partial charge >= 0.3 is 0 Å². The lowest BCUT2D eigenvalue weighted by atomic mass is 9.79. The van der Waals surface area contributed by atoms with Gasteiger partial charge in [0, 0.05) is 23.2 Å². The minimum atomic E-state index is -0.0291. The number of fused-ring (bicyclic) bond motifs is 1. The molecule has 82 valence electrons. The fraction of sp³-hybridized carbons (Fsp3) is 0.364. The number of carbonyl (C=O) groups is 1. The van der Waals surface area contributed by atoms with E-state index in [0.717, 1.165) is 11.1 Å². The second-order valence-corrected chi connectivity index (χ2v) is 4.37. The van der Waals surface area contributed by atoms with Crippen molar-refractivity contribution in [2.45, 2.75) is 19.3 Å². The molecular formula is C11H15ClN2O. The summed E-state index contributed by atoms with van der Waals surface area (Å²) in [6.45, 7) is 4.87. The first-order valence-electron chi connectivity index (χ1n) is 4.69. The molecule has 4 heteroatoms. The molecule has 1 amide bonds. The quantitative estimate of drug-likeness (QED) is 0.662. The fourth-order valence-corrected chi connectivity index (χ4v) is 1.81. The maximum absolute atomic E-state index is 11.5. The number of rotatable bonds is 0. The first-order chi connectivity index (χ1) is 6.50. The number of hydrogen-bond donors (Lipinski definition) is 2. The second kappa shape index (κ2) is 3.74. The van der Waals surface area contributed by atoms with Crippen molar-refractivity contribution in [2.24, 2.45) is 0 Å². The Labute approximate surface area is 95.5 Å². The van der Waals surface area contributed by atoms with Crippen molar-refractivity contribution in [1.82, 2.24) is 5.32 Å². The van der Waals surface area contributed by atoms with Crippen LogP contribution in [0.2, 0.25) is 0 Å². The van der Waals surface area contributed by atoms with Crippen LogP contribution in [0.25, 0.3) is 0 Å². The average Bonchev–Trinajstić information content (AvgIpc) is 2.12. The van der Waals surface area contributed by atoms with Gasteiger partial charge < -0.3 is 11.1 Å². The lowest BCUT2D eigenvalue weighted by molar-refractivity contribution is 0.0930. The summed E-state index contributed by atoms with van der Waals surface area (Å²) in [4.78, 5) is 11.5. The summed E-state index contributed by atoms with van der Waals surface area (Å²) < 4.78 is 0. The number of hydrogen-bond acceptors (Lipinski definition) is 2. The molecule has 0 bridgehead atoms. The zero-order valence-corrected chi connectivity index (χ0v) is 9.65. The molecular weight excluding hydrogens is 212 g/mol. The standard InChI is InChI=1S/C11H14N2O.ClH/c1-11(2)6-13-10(14)8-4-3-7(12)5-9(8)11;/h3-5H,6,12H2,1-2H3,(H,13,14);1H. The van der Waals surface area contributed by atoms with Crippen LogP contribution in [0.5, 0.6) is 0 Å². The van der Waals surface area contributed by atoms with E-state index >= 15 is 0 Å². The third-order valence-corrected chi connectivity index (χ3v) is 2.71. The second-order valence-electron chi connectivity index (χ2n) is 4.37. The molecule has 0 saturated heterocycles. The molecule has 1 aliphatic heterocycles.